The van der Waals surface area contributed by atoms with Gasteiger partial charge in [-0.05, 0) is 0 Å². The van der Waals surface area contributed by atoms with Crippen LogP contribution in [0.25, 0.3) is 0 Å². The molecule has 1 heterocycles. The van der Waals surface area contributed by atoms with E-state index in [4.69, 9.17) is 5.73 Å². The van der Waals surface area contributed by atoms with Gasteiger partial charge in [0.1, 0.15) is 17.1 Å². The Bertz CT molecular complexity index is 385. The van der Waals surface area contributed by atoms with Crippen LogP contribution < -0.4 is 10.5 Å². The van der Waals surface area contributed by atoms with Crippen molar-refractivity contribution in [3.63, 3.8) is 0 Å². The fraction of sp³-hybridized carbons (Fsp3) is 0.286. The van der Waals surface area contributed by atoms with Crippen LogP contribution in [0.1, 0.15) is 5.56 Å². The Labute approximate surface area is 84.8 Å². The highest BCUT2D eigenvalue weighted by molar-refractivity contribution is 5.43. The van der Waals surface area contributed by atoms with Crippen molar-refractivity contribution < 1.29 is 31.1 Å². The summed E-state index contributed by atoms with van der Waals surface area (Å²) in [6.07, 6.45) is -10.1. The normalized spacial score (nSPS) is 12.6. The number of rotatable bonds is 1. The van der Waals surface area contributed by atoms with Crippen LogP contribution >= 0.6 is 0 Å². The van der Waals surface area contributed by atoms with Crippen molar-refractivity contribution in [1.29, 1.82) is 0 Å². The van der Waals surface area contributed by atoms with E-state index in [1.807, 2.05) is 0 Å². The molecule has 0 spiro atoms. The first-order valence-electron chi connectivity index (χ1n) is 3.68. The zero-order chi connectivity index (χ0) is 12.6. The number of aromatic nitrogens is 1. The van der Waals surface area contributed by atoms with Gasteiger partial charge in [0.2, 0.25) is 0 Å². The average Bonchev–Trinajstić information content (AvgIpc) is 1.97. The summed E-state index contributed by atoms with van der Waals surface area (Å²) in [5, 5.41) is 0. The molecule has 9 heteroatoms. The zero-order valence-corrected chi connectivity index (χ0v) is 7.36. The Morgan fingerprint density at radius 1 is 1.12 bits per heavy atom. The van der Waals surface area contributed by atoms with Crippen LogP contribution in [0, 0.1) is 0 Å². The number of hydrogen-bond acceptors (Lipinski definition) is 3. The molecule has 3 nitrogen and oxygen atoms in total. The van der Waals surface area contributed by atoms with Gasteiger partial charge < -0.3 is 10.5 Å². The molecule has 0 saturated heterocycles. The molecule has 0 radical (unpaired) electrons. The van der Waals surface area contributed by atoms with Gasteiger partial charge in [0.05, 0.1) is 0 Å². The molecule has 0 unspecified atom stereocenters. The summed E-state index contributed by atoms with van der Waals surface area (Å²) in [6.45, 7) is 0. The van der Waals surface area contributed by atoms with Gasteiger partial charge in [-0.1, -0.05) is 0 Å². The number of ether oxygens (including phenoxy) is 1. The molecular formula is C7H4F6N2O. The lowest BCUT2D eigenvalue weighted by Gasteiger charge is -2.14. The molecular weight excluding hydrogens is 242 g/mol. The number of alkyl halides is 6. The predicted molar refractivity (Wildman–Crippen MR) is 40.3 cm³/mol. The van der Waals surface area contributed by atoms with Crippen molar-refractivity contribution >= 4 is 5.82 Å². The monoisotopic (exact) mass is 246 g/mol. The van der Waals surface area contributed by atoms with E-state index in [1.165, 1.54) is 0 Å². The van der Waals surface area contributed by atoms with Gasteiger partial charge in [-0.2, -0.15) is 13.2 Å². The molecule has 0 aliphatic rings. The maximum atomic E-state index is 12.2. The van der Waals surface area contributed by atoms with Crippen molar-refractivity contribution in [3.05, 3.63) is 17.8 Å². The van der Waals surface area contributed by atoms with Crippen LogP contribution in [0.4, 0.5) is 32.2 Å². The summed E-state index contributed by atoms with van der Waals surface area (Å²) in [5.74, 6) is -1.93. The molecule has 0 aliphatic carbocycles. The smallest absolute Gasteiger partial charge is 0.405 e. The molecule has 0 aromatic carbocycles. The lowest BCUT2D eigenvalue weighted by Crippen LogP contribution is -2.20. The van der Waals surface area contributed by atoms with Gasteiger partial charge >= 0.3 is 12.5 Å². The number of nitrogens with zero attached hydrogens (tertiary/aromatic N) is 1. The van der Waals surface area contributed by atoms with E-state index in [2.05, 4.69) is 9.72 Å². The summed E-state index contributed by atoms with van der Waals surface area (Å²) in [4.78, 5) is 3.05. The van der Waals surface area contributed by atoms with Crippen molar-refractivity contribution in [2.24, 2.45) is 0 Å². The van der Waals surface area contributed by atoms with E-state index >= 15 is 0 Å². The van der Waals surface area contributed by atoms with Gasteiger partial charge in [0, 0.05) is 12.3 Å². The van der Waals surface area contributed by atoms with E-state index in [1.54, 1.807) is 0 Å². The minimum Gasteiger partial charge on any atom is -0.405 e. The molecule has 0 bridgehead atoms. The SMILES string of the molecule is Nc1cc(OC(F)(F)F)c(C(F)(F)F)cn1. The van der Waals surface area contributed by atoms with Crippen molar-refractivity contribution in [1.82, 2.24) is 4.98 Å². The van der Waals surface area contributed by atoms with E-state index in [9.17, 15) is 26.3 Å². The molecule has 16 heavy (non-hydrogen) atoms. The third-order valence-electron chi connectivity index (χ3n) is 1.42. The highest BCUT2D eigenvalue weighted by atomic mass is 19.4. The minimum atomic E-state index is -5.23. The number of halogens is 6. The zero-order valence-electron chi connectivity index (χ0n) is 7.36. The maximum Gasteiger partial charge on any atom is 0.573 e. The molecule has 90 valence electrons. The summed E-state index contributed by atoms with van der Waals surface area (Å²) >= 11 is 0. The van der Waals surface area contributed by atoms with Crippen LogP contribution in [0.3, 0.4) is 0 Å². The van der Waals surface area contributed by atoms with Crippen LogP contribution in [0.15, 0.2) is 12.3 Å². The van der Waals surface area contributed by atoms with E-state index in [0.29, 0.717) is 6.07 Å². The second-order valence-corrected chi connectivity index (χ2v) is 2.65. The first-order chi connectivity index (χ1) is 7.09. The minimum absolute atomic E-state index is 0.177. The largest absolute Gasteiger partial charge is 0.573 e. The maximum absolute atomic E-state index is 12.2. The Hall–Kier alpha value is -1.67. The van der Waals surface area contributed by atoms with Crippen LogP contribution in [-0.4, -0.2) is 11.3 Å². The molecule has 0 aliphatic heterocycles. The third kappa shape index (κ3) is 3.17. The second-order valence-electron chi connectivity index (χ2n) is 2.65. The molecule has 1 aromatic heterocycles. The molecule has 0 atom stereocenters. The Balaban J connectivity index is 3.19. The van der Waals surface area contributed by atoms with E-state index in [-0.39, 0.29) is 6.20 Å². The summed E-state index contributed by atoms with van der Waals surface area (Å²) in [7, 11) is 0. The lowest BCUT2D eigenvalue weighted by atomic mass is 10.2. The number of hydrogen-bond donors (Lipinski definition) is 1. The summed E-state index contributed by atoms with van der Waals surface area (Å²) in [5.41, 5.74) is 3.32. The lowest BCUT2D eigenvalue weighted by molar-refractivity contribution is -0.276. The first-order valence-corrected chi connectivity index (χ1v) is 3.68. The number of nitrogens with two attached hydrogens (primary N) is 1. The highest BCUT2D eigenvalue weighted by Crippen LogP contribution is 2.38. The van der Waals surface area contributed by atoms with Gasteiger partial charge in [-0.25, -0.2) is 4.98 Å². The highest BCUT2D eigenvalue weighted by Gasteiger charge is 2.39. The van der Waals surface area contributed by atoms with Gasteiger partial charge in [0.25, 0.3) is 0 Å². The second kappa shape index (κ2) is 3.72. The van der Waals surface area contributed by atoms with Gasteiger partial charge in [-0.15, -0.1) is 13.2 Å². The number of anilines is 1. The molecule has 1 rings (SSSR count). The number of nitrogen functional groups attached to an aromatic ring is 1. The topological polar surface area (TPSA) is 48.1 Å². The standard InChI is InChI=1S/C7H4F6N2O/c8-6(9,10)3-2-15-5(14)1-4(3)16-7(11,12)13/h1-2H,(H2,14,15). The van der Waals surface area contributed by atoms with Gasteiger partial charge in [-0.3, -0.25) is 0 Å². The van der Waals surface area contributed by atoms with Crippen molar-refractivity contribution in [2.75, 3.05) is 5.73 Å². The van der Waals surface area contributed by atoms with Crippen molar-refractivity contribution in [3.8, 4) is 5.75 Å². The van der Waals surface area contributed by atoms with E-state index in [0.717, 1.165) is 0 Å². The fourth-order valence-corrected chi connectivity index (χ4v) is 0.874. The van der Waals surface area contributed by atoms with Crippen LogP contribution in [0.5, 0.6) is 5.75 Å². The quantitative estimate of drug-likeness (QED) is 0.774. The van der Waals surface area contributed by atoms with Crippen LogP contribution in [0.2, 0.25) is 0 Å². The molecule has 0 amide bonds. The molecule has 0 saturated carbocycles. The Morgan fingerprint density at radius 3 is 2.12 bits per heavy atom. The average molecular weight is 246 g/mol. The molecule has 2 N–H and O–H groups in total. The summed E-state index contributed by atoms with van der Waals surface area (Å²) < 4.78 is 75.3. The molecule has 1 aromatic rings. The Morgan fingerprint density at radius 2 is 1.69 bits per heavy atom. The van der Waals surface area contributed by atoms with Crippen LogP contribution in [-0.2, 0) is 6.18 Å². The molecule has 0 fully saturated rings. The van der Waals surface area contributed by atoms with Crippen molar-refractivity contribution in [2.45, 2.75) is 12.5 Å². The Kier molecular flexibility index (Phi) is 2.89. The fourth-order valence-electron chi connectivity index (χ4n) is 0.874. The third-order valence-corrected chi connectivity index (χ3v) is 1.42. The first kappa shape index (κ1) is 12.4. The predicted octanol–water partition coefficient (Wildman–Crippen LogP) is 2.58. The number of pyridine rings is 1. The van der Waals surface area contributed by atoms with E-state index < -0.39 is 29.7 Å². The van der Waals surface area contributed by atoms with Gasteiger partial charge in [0.15, 0.2) is 0 Å². The summed E-state index contributed by atoms with van der Waals surface area (Å²) in [6, 6.07) is 0.357.